The molecule has 0 saturated carbocycles. The smallest absolute Gasteiger partial charge is 0.161 e. The molecule has 3 N–H and O–H groups in total. The number of aromatic amines is 1. The lowest BCUT2D eigenvalue weighted by Gasteiger charge is -2.03. The van der Waals surface area contributed by atoms with Gasteiger partial charge in [-0.2, -0.15) is 5.10 Å². The average Bonchev–Trinajstić information content (AvgIpc) is 2.69. The Hall–Kier alpha value is -1.34. The molecule has 0 fully saturated rings. The van der Waals surface area contributed by atoms with E-state index in [1.165, 1.54) is 18.1 Å². The first-order valence-electron chi connectivity index (χ1n) is 4.44. The van der Waals surface area contributed by atoms with Gasteiger partial charge in [-0.3, -0.25) is 5.10 Å². The quantitative estimate of drug-likeness (QED) is 0.656. The minimum Gasteiger partial charge on any atom is -0.395 e. The van der Waals surface area contributed by atoms with Gasteiger partial charge in [-0.25, -0.2) is 9.97 Å². The van der Waals surface area contributed by atoms with Crippen LogP contribution >= 0.6 is 11.8 Å². The zero-order chi connectivity index (χ0) is 10.7. The fourth-order valence-electron chi connectivity index (χ4n) is 1.29. The SMILES string of the molecule is CSc1n[nH]c2ncnc(NCCO)c12. The number of fused-ring (bicyclic) bond motifs is 1. The van der Waals surface area contributed by atoms with Crippen LogP contribution in [0.2, 0.25) is 0 Å². The topological polar surface area (TPSA) is 86.7 Å². The predicted octanol–water partition coefficient (Wildman–Crippen LogP) is 0.479. The second kappa shape index (κ2) is 4.45. The van der Waals surface area contributed by atoms with Crippen LogP contribution in [0, 0.1) is 0 Å². The largest absolute Gasteiger partial charge is 0.395 e. The Balaban J connectivity index is 2.47. The summed E-state index contributed by atoms with van der Waals surface area (Å²) in [4.78, 5) is 8.19. The predicted molar refractivity (Wildman–Crippen MR) is 59.0 cm³/mol. The number of hydrogen-bond donors (Lipinski definition) is 3. The van der Waals surface area contributed by atoms with Crippen LogP contribution in [0.4, 0.5) is 5.82 Å². The number of nitrogens with zero attached hydrogens (tertiary/aromatic N) is 3. The van der Waals surface area contributed by atoms with Gasteiger partial charge in [-0.1, -0.05) is 0 Å². The molecule has 80 valence electrons. The van der Waals surface area contributed by atoms with E-state index in [1.807, 2.05) is 6.26 Å². The molecule has 2 rings (SSSR count). The van der Waals surface area contributed by atoms with Crippen molar-refractivity contribution >= 4 is 28.6 Å². The number of thioether (sulfide) groups is 1. The third kappa shape index (κ3) is 1.88. The lowest BCUT2D eigenvalue weighted by Crippen LogP contribution is -2.07. The van der Waals surface area contributed by atoms with Gasteiger partial charge in [-0.05, 0) is 6.26 Å². The normalized spacial score (nSPS) is 10.8. The van der Waals surface area contributed by atoms with Crippen LogP contribution in [0.1, 0.15) is 0 Å². The summed E-state index contributed by atoms with van der Waals surface area (Å²) in [7, 11) is 0. The van der Waals surface area contributed by atoms with Crippen LogP contribution in [0.5, 0.6) is 0 Å². The third-order valence-electron chi connectivity index (χ3n) is 1.92. The van der Waals surface area contributed by atoms with Crippen molar-refractivity contribution < 1.29 is 5.11 Å². The van der Waals surface area contributed by atoms with Crippen molar-refractivity contribution in [3.8, 4) is 0 Å². The fourth-order valence-corrected chi connectivity index (χ4v) is 1.82. The van der Waals surface area contributed by atoms with E-state index in [-0.39, 0.29) is 6.61 Å². The molecular weight excluding hydrogens is 214 g/mol. The Morgan fingerprint density at radius 1 is 1.53 bits per heavy atom. The monoisotopic (exact) mass is 225 g/mol. The fraction of sp³-hybridized carbons (Fsp3) is 0.375. The van der Waals surface area contributed by atoms with Gasteiger partial charge in [0, 0.05) is 6.54 Å². The van der Waals surface area contributed by atoms with Crippen LogP contribution < -0.4 is 5.32 Å². The summed E-state index contributed by atoms with van der Waals surface area (Å²) >= 11 is 1.53. The molecule has 6 nitrogen and oxygen atoms in total. The summed E-state index contributed by atoms with van der Waals surface area (Å²) in [6.45, 7) is 0.531. The maximum absolute atomic E-state index is 8.74. The number of anilines is 1. The zero-order valence-corrected chi connectivity index (χ0v) is 9.01. The van der Waals surface area contributed by atoms with Crippen LogP contribution in [0.25, 0.3) is 11.0 Å². The molecule has 0 saturated heterocycles. The highest BCUT2D eigenvalue weighted by molar-refractivity contribution is 7.98. The first kappa shape index (κ1) is 10.2. The van der Waals surface area contributed by atoms with Gasteiger partial charge in [0.2, 0.25) is 0 Å². The van der Waals surface area contributed by atoms with Crippen LogP contribution in [0.3, 0.4) is 0 Å². The van der Waals surface area contributed by atoms with Gasteiger partial charge >= 0.3 is 0 Å². The number of rotatable bonds is 4. The van der Waals surface area contributed by atoms with Crippen molar-refractivity contribution in [1.82, 2.24) is 20.2 Å². The lowest BCUT2D eigenvalue weighted by atomic mass is 10.4. The average molecular weight is 225 g/mol. The van der Waals surface area contributed by atoms with Crippen molar-refractivity contribution in [2.45, 2.75) is 5.03 Å². The van der Waals surface area contributed by atoms with E-state index in [4.69, 9.17) is 5.11 Å². The molecule has 0 atom stereocenters. The number of H-pyrrole nitrogens is 1. The minimum absolute atomic E-state index is 0.0674. The third-order valence-corrected chi connectivity index (χ3v) is 2.60. The van der Waals surface area contributed by atoms with Crippen molar-refractivity contribution in [3.05, 3.63) is 6.33 Å². The number of nitrogens with one attached hydrogen (secondary N) is 2. The molecule has 0 spiro atoms. The Morgan fingerprint density at radius 3 is 3.13 bits per heavy atom. The maximum Gasteiger partial charge on any atom is 0.161 e. The van der Waals surface area contributed by atoms with Crippen molar-refractivity contribution in [2.75, 3.05) is 24.7 Å². The summed E-state index contributed by atoms with van der Waals surface area (Å²) in [5.74, 6) is 0.701. The minimum atomic E-state index is 0.0674. The Bertz CT molecular complexity index is 457. The molecule has 0 aliphatic carbocycles. The highest BCUT2D eigenvalue weighted by Gasteiger charge is 2.10. The number of aliphatic hydroxyl groups is 1. The highest BCUT2D eigenvalue weighted by atomic mass is 32.2. The Morgan fingerprint density at radius 2 is 2.40 bits per heavy atom. The molecule has 0 amide bonds. The van der Waals surface area contributed by atoms with E-state index >= 15 is 0 Å². The van der Waals surface area contributed by atoms with Crippen molar-refractivity contribution in [2.24, 2.45) is 0 Å². The molecular formula is C8H11N5OS. The molecule has 0 aliphatic rings. The molecule has 0 unspecified atom stereocenters. The molecule has 0 bridgehead atoms. The number of hydrogen-bond acceptors (Lipinski definition) is 6. The van der Waals surface area contributed by atoms with E-state index in [2.05, 4.69) is 25.5 Å². The molecule has 2 heterocycles. The van der Waals surface area contributed by atoms with Crippen LogP contribution in [-0.4, -0.2) is 44.7 Å². The van der Waals surface area contributed by atoms with E-state index in [1.54, 1.807) is 0 Å². The van der Waals surface area contributed by atoms with E-state index in [0.29, 0.717) is 18.0 Å². The van der Waals surface area contributed by atoms with Gasteiger partial charge in [0.05, 0.1) is 12.0 Å². The molecule has 0 radical (unpaired) electrons. The first-order chi connectivity index (χ1) is 7.36. The highest BCUT2D eigenvalue weighted by Crippen LogP contribution is 2.27. The Kier molecular flexibility index (Phi) is 3.02. The summed E-state index contributed by atoms with van der Waals surface area (Å²) in [5, 5.41) is 20.4. The van der Waals surface area contributed by atoms with Crippen LogP contribution in [0.15, 0.2) is 11.4 Å². The maximum atomic E-state index is 8.74. The summed E-state index contributed by atoms with van der Waals surface area (Å²) in [6.07, 6.45) is 3.41. The molecule has 0 aromatic carbocycles. The zero-order valence-electron chi connectivity index (χ0n) is 8.19. The van der Waals surface area contributed by atoms with Crippen molar-refractivity contribution in [1.29, 1.82) is 0 Å². The van der Waals surface area contributed by atoms with E-state index < -0.39 is 0 Å². The van der Waals surface area contributed by atoms with Gasteiger partial charge in [0.25, 0.3) is 0 Å². The Labute approximate surface area is 90.5 Å². The molecule has 0 aliphatic heterocycles. The summed E-state index contributed by atoms with van der Waals surface area (Å²) in [5.41, 5.74) is 0.704. The van der Waals surface area contributed by atoms with Crippen molar-refractivity contribution in [3.63, 3.8) is 0 Å². The number of aliphatic hydroxyl groups excluding tert-OH is 1. The second-order valence-electron chi connectivity index (χ2n) is 2.83. The van der Waals surface area contributed by atoms with Gasteiger partial charge in [0.15, 0.2) is 5.65 Å². The molecule has 2 aromatic heterocycles. The van der Waals surface area contributed by atoms with Gasteiger partial charge in [-0.15, -0.1) is 11.8 Å². The van der Waals surface area contributed by atoms with Crippen LogP contribution in [-0.2, 0) is 0 Å². The van der Waals surface area contributed by atoms with E-state index in [9.17, 15) is 0 Å². The van der Waals surface area contributed by atoms with Gasteiger partial charge in [0.1, 0.15) is 17.2 Å². The van der Waals surface area contributed by atoms with E-state index in [0.717, 1.165) is 10.4 Å². The summed E-state index contributed by atoms with van der Waals surface area (Å²) in [6, 6.07) is 0. The van der Waals surface area contributed by atoms with Gasteiger partial charge < -0.3 is 10.4 Å². The molecule has 7 heteroatoms. The summed E-state index contributed by atoms with van der Waals surface area (Å²) < 4.78 is 0. The standard InChI is InChI=1S/C8H11N5OS/c1-15-8-5-6(9-2-3-14)10-4-11-7(5)12-13-8/h4,14H,2-3H2,1H3,(H2,9,10,11,12,13). The first-order valence-corrected chi connectivity index (χ1v) is 5.67. The number of aromatic nitrogens is 4. The molecule has 15 heavy (non-hydrogen) atoms. The second-order valence-corrected chi connectivity index (χ2v) is 3.62. The lowest BCUT2D eigenvalue weighted by molar-refractivity contribution is 0.311. The molecule has 2 aromatic rings.